The average Bonchev–Trinajstić information content (AvgIpc) is 2.44. The summed E-state index contributed by atoms with van der Waals surface area (Å²) in [6, 6.07) is 2.45. The van der Waals surface area contributed by atoms with Crippen molar-refractivity contribution in [3.63, 3.8) is 0 Å². The number of aliphatic hydroxyl groups excluding tert-OH is 2. The Hall–Kier alpha value is -2.03. The van der Waals surface area contributed by atoms with Crippen molar-refractivity contribution < 1.29 is 28.1 Å². The highest BCUT2D eigenvalue weighted by Gasteiger charge is 2.28. The fraction of sp³-hybridized carbons (Fsp3) is 0.545. The fourth-order valence-electron chi connectivity index (χ4n) is 1.42. The Kier molecular flexibility index (Phi) is 6.22. The molecule has 0 saturated carbocycles. The van der Waals surface area contributed by atoms with Gasteiger partial charge in [0.25, 0.3) is 0 Å². The molecule has 7 nitrogen and oxygen atoms in total. The number of nitrogens with zero attached hydrogens (tertiary/aromatic N) is 4. The Labute approximate surface area is 117 Å². The van der Waals surface area contributed by atoms with Gasteiger partial charge in [-0.1, -0.05) is 5.11 Å². The van der Waals surface area contributed by atoms with Gasteiger partial charge in [0, 0.05) is 29.3 Å². The van der Waals surface area contributed by atoms with Gasteiger partial charge in [-0.2, -0.15) is 13.2 Å². The van der Waals surface area contributed by atoms with Crippen molar-refractivity contribution in [3.05, 3.63) is 34.3 Å². The number of rotatable bonds is 7. The summed E-state index contributed by atoms with van der Waals surface area (Å²) < 4.78 is 40.2. The molecule has 0 radical (unpaired) electrons. The third-order valence-electron chi connectivity index (χ3n) is 2.44. The van der Waals surface area contributed by atoms with Gasteiger partial charge in [-0.05, 0) is 18.0 Å². The zero-order valence-electron chi connectivity index (χ0n) is 10.7. The van der Waals surface area contributed by atoms with Crippen LogP contribution in [0.4, 0.5) is 13.2 Å². The van der Waals surface area contributed by atoms with Gasteiger partial charge >= 0.3 is 6.18 Å². The molecule has 0 fully saturated rings. The molecule has 2 N–H and O–H groups in total. The summed E-state index contributed by atoms with van der Waals surface area (Å²) in [6.45, 7) is -1.45. The number of pyridine rings is 1. The Bertz CT molecular complexity index is 488. The SMILES string of the molecule is [N-]=[N+]=NCCC(O)C(O)c1ccc(OCC(F)(F)F)nc1. The Morgan fingerprint density at radius 1 is 1.38 bits per heavy atom. The first-order chi connectivity index (χ1) is 9.83. The van der Waals surface area contributed by atoms with Crippen LogP contribution in [0, 0.1) is 0 Å². The maximum Gasteiger partial charge on any atom is 0.422 e. The molecule has 21 heavy (non-hydrogen) atoms. The minimum absolute atomic E-state index is 0.00886. The van der Waals surface area contributed by atoms with Crippen LogP contribution in [0.15, 0.2) is 23.4 Å². The van der Waals surface area contributed by atoms with Crippen LogP contribution in [0.5, 0.6) is 5.88 Å². The van der Waals surface area contributed by atoms with Crippen LogP contribution >= 0.6 is 0 Å². The summed E-state index contributed by atoms with van der Waals surface area (Å²) >= 11 is 0. The van der Waals surface area contributed by atoms with Crippen molar-refractivity contribution in [2.75, 3.05) is 13.2 Å². The van der Waals surface area contributed by atoms with Crippen molar-refractivity contribution in [3.8, 4) is 5.88 Å². The van der Waals surface area contributed by atoms with Gasteiger partial charge in [0.2, 0.25) is 5.88 Å². The molecule has 1 rings (SSSR count). The lowest BCUT2D eigenvalue weighted by Gasteiger charge is -2.17. The van der Waals surface area contributed by atoms with E-state index >= 15 is 0 Å². The minimum atomic E-state index is -4.46. The molecule has 1 aromatic heterocycles. The van der Waals surface area contributed by atoms with Crippen molar-refractivity contribution in [1.82, 2.24) is 4.98 Å². The highest BCUT2D eigenvalue weighted by molar-refractivity contribution is 5.20. The molecule has 116 valence electrons. The van der Waals surface area contributed by atoms with E-state index in [9.17, 15) is 23.4 Å². The number of ether oxygens (including phenoxy) is 1. The Morgan fingerprint density at radius 3 is 2.62 bits per heavy atom. The highest BCUT2D eigenvalue weighted by atomic mass is 19.4. The van der Waals surface area contributed by atoms with Crippen molar-refractivity contribution in [2.24, 2.45) is 5.11 Å². The monoisotopic (exact) mass is 306 g/mol. The third kappa shape index (κ3) is 6.30. The molecule has 10 heteroatoms. The molecule has 2 unspecified atom stereocenters. The van der Waals surface area contributed by atoms with Gasteiger partial charge in [0.15, 0.2) is 6.61 Å². The van der Waals surface area contributed by atoms with Gasteiger partial charge in [-0.3, -0.25) is 0 Å². The Morgan fingerprint density at radius 2 is 2.10 bits per heavy atom. The van der Waals surface area contributed by atoms with E-state index in [4.69, 9.17) is 5.53 Å². The van der Waals surface area contributed by atoms with Crippen LogP contribution in [-0.2, 0) is 0 Å². The van der Waals surface area contributed by atoms with Crippen molar-refractivity contribution >= 4 is 0 Å². The largest absolute Gasteiger partial charge is 0.468 e. The molecule has 1 aromatic rings. The summed E-state index contributed by atoms with van der Waals surface area (Å²) in [5.41, 5.74) is 8.29. The van der Waals surface area contributed by atoms with E-state index in [0.29, 0.717) is 0 Å². The number of hydrogen-bond acceptors (Lipinski definition) is 5. The summed E-state index contributed by atoms with van der Waals surface area (Å²) in [5, 5.41) is 22.6. The second-order valence-electron chi connectivity index (χ2n) is 4.09. The number of hydrogen-bond donors (Lipinski definition) is 2. The first-order valence-corrected chi connectivity index (χ1v) is 5.86. The van der Waals surface area contributed by atoms with Crippen LogP contribution in [0.25, 0.3) is 10.4 Å². The molecule has 2 atom stereocenters. The molecule has 0 aliphatic heterocycles. The number of aromatic nitrogens is 1. The predicted octanol–water partition coefficient (Wildman–Crippen LogP) is 2.12. The van der Waals surface area contributed by atoms with Crippen LogP contribution in [0.2, 0.25) is 0 Å². The van der Waals surface area contributed by atoms with Crippen LogP contribution in [0.3, 0.4) is 0 Å². The van der Waals surface area contributed by atoms with E-state index < -0.39 is 25.0 Å². The lowest BCUT2D eigenvalue weighted by molar-refractivity contribution is -0.154. The first-order valence-electron chi connectivity index (χ1n) is 5.86. The summed E-state index contributed by atoms with van der Waals surface area (Å²) in [7, 11) is 0. The van der Waals surface area contributed by atoms with E-state index in [2.05, 4.69) is 19.7 Å². The second kappa shape index (κ2) is 7.67. The van der Waals surface area contributed by atoms with Gasteiger partial charge < -0.3 is 14.9 Å². The van der Waals surface area contributed by atoms with E-state index in [0.717, 1.165) is 12.3 Å². The zero-order chi connectivity index (χ0) is 15.9. The van der Waals surface area contributed by atoms with Crippen LogP contribution in [-0.4, -0.2) is 40.6 Å². The lowest BCUT2D eigenvalue weighted by atomic mass is 10.0. The zero-order valence-corrected chi connectivity index (χ0v) is 10.7. The third-order valence-corrected chi connectivity index (χ3v) is 2.44. The van der Waals surface area contributed by atoms with Gasteiger partial charge in [0.1, 0.15) is 6.10 Å². The van der Waals surface area contributed by atoms with E-state index in [1.54, 1.807) is 0 Å². The molecule has 0 aromatic carbocycles. The normalized spacial score (nSPS) is 14.1. The molecule has 0 spiro atoms. The number of aliphatic hydroxyl groups is 2. The first kappa shape index (κ1) is 17.0. The maximum absolute atomic E-state index is 11.9. The fourth-order valence-corrected chi connectivity index (χ4v) is 1.42. The summed E-state index contributed by atoms with van der Waals surface area (Å²) in [6.07, 6.45) is -5.79. The van der Waals surface area contributed by atoms with E-state index in [1.165, 1.54) is 6.07 Å². The van der Waals surface area contributed by atoms with Crippen molar-refractivity contribution in [2.45, 2.75) is 24.8 Å². The number of azide groups is 1. The molecule has 0 aliphatic rings. The standard InChI is InChI=1S/C11H13F3N4O3/c12-11(13,14)6-21-9-2-1-7(5-16-9)10(20)8(19)3-4-17-18-15/h1-2,5,8,10,19-20H,3-4,6H2. The van der Waals surface area contributed by atoms with Crippen molar-refractivity contribution in [1.29, 1.82) is 0 Å². The topological polar surface area (TPSA) is 111 Å². The molecular weight excluding hydrogens is 293 g/mol. The molecule has 0 saturated heterocycles. The van der Waals surface area contributed by atoms with Crippen LogP contribution in [0.1, 0.15) is 18.1 Å². The smallest absolute Gasteiger partial charge is 0.422 e. The summed E-state index contributed by atoms with van der Waals surface area (Å²) in [4.78, 5) is 6.11. The van der Waals surface area contributed by atoms with Gasteiger partial charge in [-0.15, -0.1) is 0 Å². The van der Waals surface area contributed by atoms with Gasteiger partial charge in [-0.25, -0.2) is 4.98 Å². The lowest BCUT2D eigenvalue weighted by Crippen LogP contribution is -2.20. The number of alkyl halides is 3. The molecular formula is C11H13F3N4O3. The molecule has 0 aliphatic carbocycles. The minimum Gasteiger partial charge on any atom is -0.468 e. The molecule has 0 bridgehead atoms. The summed E-state index contributed by atoms with van der Waals surface area (Å²) in [5.74, 6) is -0.244. The average molecular weight is 306 g/mol. The highest BCUT2D eigenvalue weighted by Crippen LogP contribution is 2.21. The quantitative estimate of drug-likeness (QED) is 0.456. The maximum atomic E-state index is 11.9. The Balaban J connectivity index is 2.58. The second-order valence-corrected chi connectivity index (χ2v) is 4.09. The predicted molar refractivity (Wildman–Crippen MR) is 65.4 cm³/mol. The van der Waals surface area contributed by atoms with E-state index in [-0.39, 0.29) is 24.4 Å². The molecule has 0 amide bonds. The van der Waals surface area contributed by atoms with Gasteiger partial charge in [0.05, 0.1) is 6.10 Å². The number of halogens is 3. The molecule has 1 heterocycles. The van der Waals surface area contributed by atoms with E-state index in [1.807, 2.05) is 0 Å². The van der Waals surface area contributed by atoms with Crippen LogP contribution < -0.4 is 4.74 Å².